The van der Waals surface area contributed by atoms with Gasteiger partial charge in [0.2, 0.25) is 0 Å². The molecule has 0 fully saturated rings. The van der Waals surface area contributed by atoms with Gasteiger partial charge in [-0.05, 0) is 41.8 Å². The minimum absolute atomic E-state index is 0.0571. The molecular formula is C21H20FN3O. The number of benzene rings is 1. The van der Waals surface area contributed by atoms with Gasteiger partial charge in [0.15, 0.2) is 0 Å². The normalized spacial score (nSPS) is 13.6. The maximum absolute atomic E-state index is 14.6. The van der Waals surface area contributed by atoms with Gasteiger partial charge < -0.3 is 10.3 Å². The second-order valence-electron chi connectivity index (χ2n) is 6.90. The van der Waals surface area contributed by atoms with E-state index in [-0.39, 0.29) is 17.6 Å². The highest BCUT2D eigenvalue weighted by Gasteiger charge is 2.20. The predicted octanol–water partition coefficient (Wildman–Crippen LogP) is 4.29. The summed E-state index contributed by atoms with van der Waals surface area (Å²) in [7, 11) is 0. The Kier molecular flexibility index (Phi) is 4.07. The number of aromatic nitrogens is 2. The van der Waals surface area contributed by atoms with Gasteiger partial charge in [-0.25, -0.2) is 4.39 Å². The number of carbonyl (C=O) groups is 1. The lowest BCUT2D eigenvalue weighted by Gasteiger charge is -2.11. The van der Waals surface area contributed by atoms with E-state index < -0.39 is 0 Å². The standard InChI is InChI=1S/C21H20FN3O/c1-12(2)13-3-4-15(17(22)9-13)20-10-14(5-7-23-20)19-11-16-18(25-19)6-8-24-21(16)26/h3-5,7,9-12,25H,6,8H2,1-2H3,(H,24,26). The van der Waals surface area contributed by atoms with Gasteiger partial charge >= 0.3 is 0 Å². The first-order chi connectivity index (χ1) is 12.5. The average Bonchev–Trinajstić information content (AvgIpc) is 3.07. The first kappa shape index (κ1) is 16.5. The molecule has 4 nitrogen and oxygen atoms in total. The van der Waals surface area contributed by atoms with Gasteiger partial charge in [0.1, 0.15) is 5.82 Å². The van der Waals surface area contributed by atoms with E-state index in [1.165, 1.54) is 0 Å². The van der Waals surface area contributed by atoms with Gasteiger partial charge in [0.05, 0.1) is 11.3 Å². The highest BCUT2D eigenvalue weighted by molar-refractivity contribution is 5.97. The third kappa shape index (κ3) is 2.90. The molecule has 3 aromatic rings. The predicted molar refractivity (Wildman–Crippen MR) is 99.5 cm³/mol. The van der Waals surface area contributed by atoms with Crippen molar-refractivity contribution in [1.29, 1.82) is 0 Å². The van der Waals surface area contributed by atoms with E-state index in [1.807, 2.05) is 38.1 Å². The lowest BCUT2D eigenvalue weighted by atomic mass is 9.99. The molecule has 1 aliphatic heterocycles. The Morgan fingerprint density at radius 2 is 1.96 bits per heavy atom. The Morgan fingerprint density at radius 1 is 1.12 bits per heavy atom. The molecule has 1 aromatic carbocycles. The third-order valence-corrected chi connectivity index (χ3v) is 4.81. The van der Waals surface area contributed by atoms with Crippen molar-refractivity contribution in [3.05, 3.63) is 65.2 Å². The molecule has 2 aromatic heterocycles. The Bertz CT molecular complexity index is 991. The van der Waals surface area contributed by atoms with Gasteiger partial charge in [-0.3, -0.25) is 9.78 Å². The van der Waals surface area contributed by atoms with E-state index in [0.717, 1.165) is 28.9 Å². The zero-order valence-corrected chi connectivity index (χ0v) is 14.8. The van der Waals surface area contributed by atoms with Crippen molar-refractivity contribution in [1.82, 2.24) is 15.3 Å². The van der Waals surface area contributed by atoms with Gasteiger partial charge in [0.25, 0.3) is 5.91 Å². The number of H-pyrrole nitrogens is 1. The summed E-state index contributed by atoms with van der Waals surface area (Å²) in [6, 6.07) is 10.9. The summed E-state index contributed by atoms with van der Waals surface area (Å²) in [5.41, 5.74) is 5.36. The molecule has 26 heavy (non-hydrogen) atoms. The van der Waals surface area contributed by atoms with E-state index in [9.17, 15) is 9.18 Å². The smallest absolute Gasteiger partial charge is 0.253 e. The Labute approximate surface area is 151 Å². The number of hydrogen-bond acceptors (Lipinski definition) is 2. The molecule has 0 bridgehead atoms. The molecule has 0 spiro atoms. The zero-order chi connectivity index (χ0) is 18.3. The molecular weight excluding hydrogens is 329 g/mol. The Hall–Kier alpha value is -2.95. The molecule has 0 unspecified atom stereocenters. The first-order valence-corrected chi connectivity index (χ1v) is 8.79. The number of nitrogens with zero attached hydrogens (tertiary/aromatic N) is 1. The van der Waals surface area contributed by atoms with Gasteiger partial charge in [-0.2, -0.15) is 0 Å². The number of fused-ring (bicyclic) bond motifs is 1. The van der Waals surface area contributed by atoms with Crippen LogP contribution < -0.4 is 5.32 Å². The van der Waals surface area contributed by atoms with Crippen LogP contribution in [0, 0.1) is 5.82 Å². The fourth-order valence-electron chi connectivity index (χ4n) is 3.29. The van der Waals surface area contributed by atoms with Gasteiger partial charge in [0, 0.05) is 41.7 Å². The second-order valence-corrected chi connectivity index (χ2v) is 6.90. The summed E-state index contributed by atoms with van der Waals surface area (Å²) in [5, 5.41) is 2.84. The van der Waals surface area contributed by atoms with Crippen LogP contribution in [0.2, 0.25) is 0 Å². The van der Waals surface area contributed by atoms with E-state index in [1.54, 1.807) is 18.3 Å². The number of carbonyl (C=O) groups excluding carboxylic acids is 1. The number of pyridine rings is 1. The van der Waals surface area contributed by atoms with Crippen molar-refractivity contribution >= 4 is 5.91 Å². The molecule has 2 N–H and O–H groups in total. The van der Waals surface area contributed by atoms with Crippen LogP contribution in [0.3, 0.4) is 0 Å². The van der Waals surface area contributed by atoms with E-state index in [4.69, 9.17) is 0 Å². The van der Waals surface area contributed by atoms with Crippen LogP contribution in [0.1, 0.15) is 41.4 Å². The molecule has 132 valence electrons. The molecule has 0 atom stereocenters. The molecule has 1 amide bonds. The topological polar surface area (TPSA) is 57.8 Å². The van der Waals surface area contributed by atoms with Crippen molar-refractivity contribution in [2.45, 2.75) is 26.2 Å². The number of hydrogen-bond donors (Lipinski definition) is 2. The molecule has 0 saturated carbocycles. The molecule has 5 heteroatoms. The SMILES string of the molecule is CC(C)c1ccc(-c2cc(-c3cc4c([nH]3)CCNC4=O)ccn2)c(F)c1. The highest BCUT2D eigenvalue weighted by atomic mass is 19.1. The van der Waals surface area contributed by atoms with Crippen LogP contribution in [-0.2, 0) is 6.42 Å². The molecule has 4 rings (SSSR count). The lowest BCUT2D eigenvalue weighted by molar-refractivity contribution is 0.0946. The number of aromatic amines is 1. The van der Waals surface area contributed by atoms with Gasteiger partial charge in [-0.15, -0.1) is 0 Å². The maximum atomic E-state index is 14.6. The van der Waals surface area contributed by atoms with Crippen LogP contribution >= 0.6 is 0 Å². The van der Waals surface area contributed by atoms with Crippen LogP contribution in [0.4, 0.5) is 4.39 Å². The van der Waals surface area contributed by atoms with Crippen molar-refractivity contribution in [2.75, 3.05) is 6.54 Å². The average molecular weight is 349 g/mol. The van der Waals surface area contributed by atoms with Crippen molar-refractivity contribution in [2.24, 2.45) is 0 Å². The largest absolute Gasteiger partial charge is 0.358 e. The van der Waals surface area contributed by atoms with Crippen molar-refractivity contribution < 1.29 is 9.18 Å². The summed E-state index contributed by atoms with van der Waals surface area (Å²) in [4.78, 5) is 19.6. The quantitative estimate of drug-likeness (QED) is 0.741. The van der Waals surface area contributed by atoms with Crippen molar-refractivity contribution in [3.8, 4) is 22.5 Å². The number of rotatable bonds is 3. The fourth-order valence-corrected chi connectivity index (χ4v) is 3.29. The van der Waals surface area contributed by atoms with Crippen LogP contribution in [-0.4, -0.2) is 22.4 Å². The number of nitrogens with one attached hydrogen (secondary N) is 2. The molecule has 0 aliphatic carbocycles. The zero-order valence-electron chi connectivity index (χ0n) is 14.8. The Morgan fingerprint density at radius 3 is 2.69 bits per heavy atom. The number of halogens is 1. The monoisotopic (exact) mass is 349 g/mol. The fraction of sp³-hybridized carbons (Fsp3) is 0.238. The summed E-state index contributed by atoms with van der Waals surface area (Å²) >= 11 is 0. The summed E-state index contributed by atoms with van der Waals surface area (Å²) in [6.45, 7) is 4.72. The van der Waals surface area contributed by atoms with Crippen molar-refractivity contribution in [3.63, 3.8) is 0 Å². The maximum Gasteiger partial charge on any atom is 0.253 e. The summed E-state index contributed by atoms with van der Waals surface area (Å²) < 4.78 is 14.6. The lowest BCUT2D eigenvalue weighted by Crippen LogP contribution is -2.31. The van der Waals surface area contributed by atoms with Crippen LogP contribution in [0.15, 0.2) is 42.6 Å². The highest BCUT2D eigenvalue weighted by Crippen LogP contribution is 2.29. The third-order valence-electron chi connectivity index (χ3n) is 4.81. The number of amides is 1. The van der Waals surface area contributed by atoms with Crippen LogP contribution in [0.5, 0.6) is 0 Å². The molecule has 3 heterocycles. The second kappa shape index (κ2) is 6.41. The molecule has 1 aliphatic rings. The van der Waals surface area contributed by atoms with Gasteiger partial charge in [-0.1, -0.05) is 19.9 Å². The van der Waals surface area contributed by atoms with Crippen LogP contribution in [0.25, 0.3) is 22.5 Å². The minimum atomic E-state index is -0.272. The molecule has 0 radical (unpaired) electrons. The molecule has 0 saturated heterocycles. The first-order valence-electron chi connectivity index (χ1n) is 8.79. The summed E-state index contributed by atoms with van der Waals surface area (Å²) in [5.74, 6) is -0.0569. The minimum Gasteiger partial charge on any atom is -0.358 e. The van der Waals surface area contributed by atoms with E-state index in [0.29, 0.717) is 23.4 Å². The Balaban J connectivity index is 1.73. The summed E-state index contributed by atoms with van der Waals surface area (Å²) in [6.07, 6.45) is 2.45. The van der Waals surface area contributed by atoms with E-state index in [2.05, 4.69) is 15.3 Å². The van der Waals surface area contributed by atoms with E-state index >= 15 is 0 Å².